The van der Waals surface area contributed by atoms with E-state index in [1.807, 2.05) is 32.0 Å². The SMILES string of the molecule is CCOc1ccc(CCNC(=S)Nc2ccc(F)cc2)cc1OCC. The molecular formula is C19H23FN2O2S. The van der Waals surface area contributed by atoms with Crippen molar-refractivity contribution in [3.8, 4) is 11.5 Å². The number of thiocarbonyl (C=S) groups is 1. The summed E-state index contributed by atoms with van der Waals surface area (Å²) in [4.78, 5) is 0. The van der Waals surface area contributed by atoms with E-state index in [9.17, 15) is 4.39 Å². The van der Waals surface area contributed by atoms with Crippen LogP contribution in [0, 0.1) is 5.82 Å². The Kier molecular flexibility index (Phi) is 7.47. The molecule has 0 radical (unpaired) electrons. The van der Waals surface area contributed by atoms with E-state index in [1.54, 1.807) is 12.1 Å². The largest absolute Gasteiger partial charge is 0.490 e. The van der Waals surface area contributed by atoms with Gasteiger partial charge in [0.2, 0.25) is 0 Å². The zero-order valence-electron chi connectivity index (χ0n) is 14.5. The summed E-state index contributed by atoms with van der Waals surface area (Å²) in [6, 6.07) is 12.0. The molecule has 0 bridgehead atoms. The van der Waals surface area contributed by atoms with Crippen molar-refractivity contribution in [3.63, 3.8) is 0 Å². The summed E-state index contributed by atoms with van der Waals surface area (Å²) in [6.07, 6.45) is 0.789. The maximum absolute atomic E-state index is 12.9. The second-order valence-electron chi connectivity index (χ2n) is 5.28. The molecule has 2 aromatic carbocycles. The summed E-state index contributed by atoms with van der Waals surface area (Å²) in [5, 5.41) is 6.66. The van der Waals surface area contributed by atoms with Gasteiger partial charge in [0.05, 0.1) is 13.2 Å². The summed E-state index contributed by atoms with van der Waals surface area (Å²) in [5.74, 6) is 1.24. The Morgan fingerprint density at radius 3 is 2.36 bits per heavy atom. The first-order valence-corrected chi connectivity index (χ1v) is 8.72. The van der Waals surface area contributed by atoms with E-state index in [2.05, 4.69) is 10.6 Å². The average molecular weight is 362 g/mol. The second-order valence-corrected chi connectivity index (χ2v) is 5.69. The molecule has 25 heavy (non-hydrogen) atoms. The third-order valence-electron chi connectivity index (χ3n) is 3.41. The van der Waals surface area contributed by atoms with Crippen LogP contribution in [-0.4, -0.2) is 24.9 Å². The molecular weight excluding hydrogens is 339 g/mol. The van der Waals surface area contributed by atoms with Crippen molar-refractivity contribution in [1.82, 2.24) is 5.32 Å². The number of rotatable bonds is 8. The molecule has 4 nitrogen and oxygen atoms in total. The Morgan fingerprint density at radius 2 is 1.68 bits per heavy atom. The Balaban J connectivity index is 1.85. The molecule has 2 aromatic rings. The minimum absolute atomic E-state index is 0.273. The van der Waals surface area contributed by atoms with Crippen molar-refractivity contribution in [2.75, 3.05) is 25.1 Å². The molecule has 0 aliphatic heterocycles. The Labute approximate surface area is 153 Å². The van der Waals surface area contributed by atoms with Crippen LogP contribution in [0.5, 0.6) is 11.5 Å². The Bertz CT molecular complexity index is 692. The number of nitrogens with one attached hydrogen (secondary N) is 2. The van der Waals surface area contributed by atoms with Crippen molar-refractivity contribution in [3.05, 3.63) is 53.8 Å². The highest BCUT2D eigenvalue weighted by Gasteiger charge is 2.06. The van der Waals surface area contributed by atoms with Crippen LogP contribution in [-0.2, 0) is 6.42 Å². The highest BCUT2D eigenvalue weighted by atomic mass is 32.1. The summed E-state index contributed by atoms with van der Waals surface area (Å²) in [7, 11) is 0. The number of halogens is 1. The van der Waals surface area contributed by atoms with Gasteiger partial charge >= 0.3 is 0 Å². The van der Waals surface area contributed by atoms with E-state index in [0.29, 0.717) is 24.9 Å². The van der Waals surface area contributed by atoms with Crippen LogP contribution in [0.25, 0.3) is 0 Å². The molecule has 0 aliphatic carbocycles. The fraction of sp³-hybridized carbons (Fsp3) is 0.316. The van der Waals surface area contributed by atoms with Crippen molar-refractivity contribution in [2.45, 2.75) is 20.3 Å². The predicted octanol–water partition coefficient (Wildman–Crippen LogP) is 4.15. The number of anilines is 1. The number of hydrogen-bond acceptors (Lipinski definition) is 3. The van der Waals surface area contributed by atoms with Gasteiger partial charge in [-0.3, -0.25) is 0 Å². The monoisotopic (exact) mass is 362 g/mol. The molecule has 0 unspecified atom stereocenters. The molecule has 2 N–H and O–H groups in total. The molecule has 0 heterocycles. The minimum atomic E-state index is -0.273. The van der Waals surface area contributed by atoms with Gasteiger partial charge in [-0.05, 0) is 74.4 Å². The van der Waals surface area contributed by atoms with E-state index < -0.39 is 0 Å². The fourth-order valence-electron chi connectivity index (χ4n) is 2.28. The lowest BCUT2D eigenvalue weighted by molar-refractivity contribution is 0.287. The van der Waals surface area contributed by atoms with E-state index >= 15 is 0 Å². The second kappa shape index (κ2) is 9.84. The molecule has 0 saturated carbocycles. The Morgan fingerprint density at radius 1 is 1.00 bits per heavy atom. The summed E-state index contributed by atoms with van der Waals surface area (Å²) >= 11 is 5.25. The van der Waals surface area contributed by atoms with Gasteiger partial charge in [0.15, 0.2) is 16.6 Å². The average Bonchev–Trinajstić information content (AvgIpc) is 2.59. The fourth-order valence-corrected chi connectivity index (χ4v) is 2.50. The third kappa shape index (κ3) is 6.23. The van der Waals surface area contributed by atoms with E-state index in [4.69, 9.17) is 21.7 Å². The molecule has 0 fully saturated rings. The maximum Gasteiger partial charge on any atom is 0.170 e. The van der Waals surface area contributed by atoms with E-state index in [-0.39, 0.29) is 5.82 Å². The molecule has 0 aromatic heterocycles. The van der Waals surface area contributed by atoms with Crippen molar-refractivity contribution >= 4 is 23.0 Å². The molecule has 0 saturated heterocycles. The van der Waals surface area contributed by atoms with Crippen molar-refractivity contribution in [1.29, 1.82) is 0 Å². The van der Waals surface area contributed by atoms with Crippen LogP contribution >= 0.6 is 12.2 Å². The summed E-state index contributed by atoms with van der Waals surface area (Å²) in [5.41, 5.74) is 1.88. The van der Waals surface area contributed by atoms with Crippen LogP contribution in [0.3, 0.4) is 0 Å². The summed E-state index contributed by atoms with van der Waals surface area (Å²) in [6.45, 7) is 5.76. The third-order valence-corrected chi connectivity index (χ3v) is 3.66. The van der Waals surface area contributed by atoms with Gasteiger partial charge in [0.25, 0.3) is 0 Å². The molecule has 0 atom stereocenters. The predicted molar refractivity (Wildman–Crippen MR) is 103 cm³/mol. The van der Waals surface area contributed by atoms with Crippen LogP contribution in [0.15, 0.2) is 42.5 Å². The summed E-state index contributed by atoms with van der Waals surface area (Å²) < 4.78 is 24.1. The molecule has 6 heteroatoms. The highest BCUT2D eigenvalue weighted by molar-refractivity contribution is 7.80. The zero-order valence-corrected chi connectivity index (χ0v) is 15.3. The molecule has 134 valence electrons. The normalized spacial score (nSPS) is 10.2. The van der Waals surface area contributed by atoms with Crippen LogP contribution in [0.2, 0.25) is 0 Å². The topological polar surface area (TPSA) is 42.5 Å². The Hall–Kier alpha value is -2.34. The van der Waals surface area contributed by atoms with Crippen LogP contribution < -0.4 is 20.1 Å². The quantitative estimate of drug-likeness (QED) is 0.691. The highest BCUT2D eigenvalue weighted by Crippen LogP contribution is 2.28. The van der Waals surface area contributed by atoms with Gasteiger partial charge in [-0.15, -0.1) is 0 Å². The first-order chi connectivity index (χ1) is 12.1. The van der Waals surface area contributed by atoms with E-state index in [0.717, 1.165) is 29.2 Å². The lowest BCUT2D eigenvalue weighted by Gasteiger charge is -2.13. The molecule has 0 aliphatic rings. The van der Waals surface area contributed by atoms with Gasteiger partial charge in [-0.25, -0.2) is 4.39 Å². The van der Waals surface area contributed by atoms with Gasteiger partial charge in [-0.2, -0.15) is 0 Å². The lowest BCUT2D eigenvalue weighted by atomic mass is 10.1. The smallest absolute Gasteiger partial charge is 0.170 e. The maximum atomic E-state index is 12.9. The lowest BCUT2D eigenvalue weighted by Crippen LogP contribution is -2.30. The molecule has 0 spiro atoms. The first kappa shape index (κ1) is 19.0. The molecule has 2 rings (SSSR count). The van der Waals surface area contributed by atoms with Gasteiger partial charge in [0, 0.05) is 12.2 Å². The van der Waals surface area contributed by atoms with Gasteiger partial charge < -0.3 is 20.1 Å². The standard InChI is InChI=1S/C19H23FN2O2S/c1-3-23-17-10-5-14(13-18(17)24-4-2)11-12-21-19(25)22-16-8-6-15(20)7-9-16/h5-10,13H,3-4,11-12H2,1-2H3,(H2,21,22,25). The molecule has 0 amide bonds. The number of hydrogen-bond donors (Lipinski definition) is 2. The number of benzene rings is 2. The minimum Gasteiger partial charge on any atom is -0.490 e. The van der Waals surface area contributed by atoms with Crippen LogP contribution in [0.1, 0.15) is 19.4 Å². The van der Waals surface area contributed by atoms with Crippen LogP contribution in [0.4, 0.5) is 10.1 Å². The number of ether oxygens (including phenoxy) is 2. The zero-order chi connectivity index (χ0) is 18.1. The van der Waals surface area contributed by atoms with Gasteiger partial charge in [0.1, 0.15) is 5.82 Å². The van der Waals surface area contributed by atoms with E-state index in [1.165, 1.54) is 12.1 Å². The van der Waals surface area contributed by atoms with Crippen molar-refractivity contribution in [2.24, 2.45) is 0 Å². The van der Waals surface area contributed by atoms with Crippen molar-refractivity contribution < 1.29 is 13.9 Å². The van der Waals surface area contributed by atoms with Gasteiger partial charge in [-0.1, -0.05) is 6.07 Å². The first-order valence-electron chi connectivity index (χ1n) is 8.31.